The quantitative estimate of drug-likeness (QED) is 0.845. The van der Waals surface area contributed by atoms with Gasteiger partial charge in [0, 0.05) is 0 Å². The van der Waals surface area contributed by atoms with E-state index < -0.39 is 18.7 Å². The molecule has 0 amide bonds. The molecule has 0 radical (unpaired) electrons. The van der Waals surface area contributed by atoms with Gasteiger partial charge in [0.15, 0.2) is 5.92 Å². The molecule has 0 aliphatic carbocycles. The SMILES string of the molecule is Cc1cc(C#N)cc(C)c1OCC(C#N)C(F)(F)F. The van der Waals surface area contributed by atoms with Gasteiger partial charge in [-0.05, 0) is 37.1 Å². The summed E-state index contributed by atoms with van der Waals surface area (Å²) in [5.41, 5.74) is 1.54. The number of hydrogen-bond acceptors (Lipinski definition) is 3. The van der Waals surface area contributed by atoms with Gasteiger partial charge >= 0.3 is 6.18 Å². The predicted molar refractivity (Wildman–Crippen MR) is 61.3 cm³/mol. The lowest BCUT2D eigenvalue weighted by molar-refractivity contribution is -0.165. The normalized spacial score (nSPS) is 12.4. The average molecular weight is 268 g/mol. The summed E-state index contributed by atoms with van der Waals surface area (Å²) in [6, 6.07) is 6.17. The largest absolute Gasteiger partial charge is 0.491 e. The lowest BCUT2D eigenvalue weighted by Crippen LogP contribution is -2.27. The van der Waals surface area contributed by atoms with Gasteiger partial charge in [0.1, 0.15) is 12.4 Å². The molecule has 3 nitrogen and oxygen atoms in total. The van der Waals surface area contributed by atoms with Crippen LogP contribution in [-0.4, -0.2) is 12.8 Å². The Morgan fingerprint density at radius 2 is 1.74 bits per heavy atom. The number of ether oxygens (including phenoxy) is 1. The van der Waals surface area contributed by atoms with Gasteiger partial charge in [-0.25, -0.2) is 0 Å². The Kier molecular flexibility index (Phi) is 4.39. The van der Waals surface area contributed by atoms with Crippen molar-refractivity contribution in [2.24, 2.45) is 5.92 Å². The zero-order valence-corrected chi connectivity index (χ0v) is 10.4. The Labute approximate surface area is 108 Å². The molecule has 0 fully saturated rings. The molecule has 1 rings (SSSR count). The van der Waals surface area contributed by atoms with Crippen LogP contribution in [0.1, 0.15) is 16.7 Å². The second kappa shape index (κ2) is 5.62. The van der Waals surface area contributed by atoms with Crippen molar-refractivity contribution in [2.75, 3.05) is 6.61 Å². The molecule has 0 aliphatic heterocycles. The number of alkyl halides is 3. The van der Waals surface area contributed by atoms with Crippen LogP contribution in [0.4, 0.5) is 13.2 Å². The zero-order chi connectivity index (χ0) is 14.6. The van der Waals surface area contributed by atoms with E-state index in [4.69, 9.17) is 15.3 Å². The fourth-order valence-corrected chi connectivity index (χ4v) is 1.61. The van der Waals surface area contributed by atoms with E-state index in [-0.39, 0.29) is 5.75 Å². The highest BCUT2D eigenvalue weighted by atomic mass is 19.4. The highest BCUT2D eigenvalue weighted by Gasteiger charge is 2.40. The third-order valence-electron chi connectivity index (χ3n) is 2.53. The van der Waals surface area contributed by atoms with Gasteiger partial charge in [-0.1, -0.05) is 0 Å². The van der Waals surface area contributed by atoms with Gasteiger partial charge in [-0.15, -0.1) is 0 Å². The van der Waals surface area contributed by atoms with E-state index in [1.807, 2.05) is 6.07 Å². The number of nitriles is 2. The maximum Gasteiger partial charge on any atom is 0.407 e. The van der Waals surface area contributed by atoms with Crippen molar-refractivity contribution in [3.63, 3.8) is 0 Å². The molecule has 1 aromatic rings. The van der Waals surface area contributed by atoms with E-state index >= 15 is 0 Å². The summed E-state index contributed by atoms with van der Waals surface area (Å²) >= 11 is 0. The van der Waals surface area contributed by atoms with Crippen molar-refractivity contribution in [2.45, 2.75) is 20.0 Å². The van der Waals surface area contributed by atoms with Crippen LogP contribution >= 0.6 is 0 Å². The molecule has 1 atom stereocenters. The van der Waals surface area contributed by atoms with Crippen molar-refractivity contribution in [3.05, 3.63) is 28.8 Å². The summed E-state index contributed by atoms with van der Waals surface area (Å²) in [6.45, 7) is 2.52. The van der Waals surface area contributed by atoms with Crippen LogP contribution in [-0.2, 0) is 0 Å². The summed E-state index contributed by atoms with van der Waals surface area (Å²) in [7, 11) is 0. The molecule has 0 heterocycles. The second-order valence-corrected chi connectivity index (χ2v) is 4.09. The Bertz CT molecular complexity index is 529. The molecule has 0 bridgehead atoms. The maximum atomic E-state index is 12.4. The highest BCUT2D eigenvalue weighted by Crippen LogP contribution is 2.29. The van der Waals surface area contributed by atoms with Crippen LogP contribution in [0, 0.1) is 42.4 Å². The van der Waals surface area contributed by atoms with Gasteiger partial charge < -0.3 is 4.74 Å². The van der Waals surface area contributed by atoms with E-state index in [9.17, 15) is 13.2 Å². The number of hydrogen-bond donors (Lipinski definition) is 0. The molecule has 19 heavy (non-hydrogen) atoms. The van der Waals surface area contributed by atoms with Crippen molar-refractivity contribution in [1.29, 1.82) is 10.5 Å². The molecule has 0 spiro atoms. The Hall–Kier alpha value is -2.21. The molecule has 6 heteroatoms. The molecular weight excluding hydrogens is 257 g/mol. The first-order valence-corrected chi connectivity index (χ1v) is 5.40. The molecular formula is C13H11F3N2O. The van der Waals surface area contributed by atoms with Crippen molar-refractivity contribution >= 4 is 0 Å². The van der Waals surface area contributed by atoms with Crippen LogP contribution in [0.3, 0.4) is 0 Å². The number of halogens is 3. The minimum absolute atomic E-state index is 0.281. The zero-order valence-electron chi connectivity index (χ0n) is 10.4. The molecule has 0 aromatic heterocycles. The summed E-state index contributed by atoms with van der Waals surface area (Å²) < 4.78 is 42.3. The molecule has 0 N–H and O–H groups in total. The van der Waals surface area contributed by atoms with Crippen LogP contribution in [0.25, 0.3) is 0 Å². The summed E-state index contributed by atoms with van der Waals surface area (Å²) in [4.78, 5) is 0. The Balaban J connectivity index is 2.91. The Morgan fingerprint density at radius 3 is 2.11 bits per heavy atom. The maximum absolute atomic E-state index is 12.4. The molecule has 0 aliphatic rings. The van der Waals surface area contributed by atoms with Gasteiger partial charge in [-0.3, -0.25) is 0 Å². The molecule has 0 saturated heterocycles. The van der Waals surface area contributed by atoms with Crippen LogP contribution in [0.15, 0.2) is 12.1 Å². The Morgan fingerprint density at radius 1 is 1.21 bits per heavy atom. The molecule has 100 valence electrons. The lowest BCUT2D eigenvalue weighted by atomic mass is 10.1. The standard InChI is InChI=1S/C13H11F3N2O/c1-8-3-10(5-17)4-9(2)12(8)19-7-11(6-18)13(14,15)16/h3-4,11H,7H2,1-2H3. The lowest BCUT2D eigenvalue weighted by Gasteiger charge is -2.17. The number of nitrogens with zero attached hydrogens (tertiary/aromatic N) is 2. The molecule has 1 unspecified atom stereocenters. The second-order valence-electron chi connectivity index (χ2n) is 4.09. The van der Waals surface area contributed by atoms with E-state index in [2.05, 4.69) is 0 Å². The van der Waals surface area contributed by atoms with Gasteiger partial charge in [0.2, 0.25) is 0 Å². The number of benzene rings is 1. The van der Waals surface area contributed by atoms with Gasteiger partial charge in [-0.2, -0.15) is 23.7 Å². The van der Waals surface area contributed by atoms with E-state index in [0.29, 0.717) is 16.7 Å². The van der Waals surface area contributed by atoms with Gasteiger partial charge in [0.25, 0.3) is 0 Å². The number of rotatable bonds is 3. The van der Waals surface area contributed by atoms with E-state index in [1.54, 1.807) is 13.8 Å². The van der Waals surface area contributed by atoms with Crippen molar-refractivity contribution < 1.29 is 17.9 Å². The number of aryl methyl sites for hydroxylation is 2. The first-order chi connectivity index (χ1) is 8.79. The summed E-state index contributed by atoms with van der Waals surface area (Å²) in [5, 5.41) is 17.2. The first-order valence-electron chi connectivity index (χ1n) is 5.40. The van der Waals surface area contributed by atoms with E-state index in [0.717, 1.165) is 0 Å². The van der Waals surface area contributed by atoms with E-state index in [1.165, 1.54) is 18.2 Å². The van der Waals surface area contributed by atoms with Crippen molar-refractivity contribution in [1.82, 2.24) is 0 Å². The highest BCUT2D eigenvalue weighted by molar-refractivity contribution is 5.47. The smallest absolute Gasteiger partial charge is 0.407 e. The molecule has 1 aromatic carbocycles. The fourth-order valence-electron chi connectivity index (χ4n) is 1.61. The topological polar surface area (TPSA) is 56.8 Å². The van der Waals surface area contributed by atoms with Gasteiger partial charge in [0.05, 0.1) is 17.7 Å². The fraction of sp³-hybridized carbons (Fsp3) is 0.385. The average Bonchev–Trinajstić information content (AvgIpc) is 2.30. The monoisotopic (exact) mass is 268 g/mol. The van der Waals surface area contributed by atoms with Crippen LogP contribution in [0.2, 0.25) is 0 Å². The predicted octanol–water partition coefficient (Wildman–Crippen LogP) is 3.26. The molecule has 0 saturated carbocycles. The minimum Gasteiger partial charge on any atom is -0.491 e. The third-order valence-corrected chi connectivity index (χ3v) is 2.53. The first kappa shape index (κ1) is 14.8. The third kappa shape index (κ3) is 3.62. The van der Waals surface area contributed by atoms with Crippen LogP contribution < -0.4 is 4.74 Å². The summed E-state index contributed by atoms with van der Waals surface area (Å²) in [6.07, 6.45) is -4.61. The van der Waals surface area contributed by atoms with Crippen LogP contribution in [0.5, 0.6) is 5.75 Å². The summed E-state index contributed by atoms with van der Waals surface area (Å²) in [5.74, 6) is -1.88. The van der Waals surface area contributed by atoms with Crippen molar-refractivity contribution in [3.8, 4) is 17.9 Å². The minimum atomic E-state index is -4.61.